The lowest BCUT2D eigenvalue weighted by atomic mass is 10.1. The number of piperazine rings is 1. The van der Waals surface area contributed by atoms with Crippen LogP contribution in [0.5, 0.6) is 0 Å². The fraction of sp³-hybridized carbons (Fsp3) is 0.333. The topological polar surface area (TPSA) is 80.0 Å². The minimum atomic E-state index is -0.419. The summed E-state index contributed by atoms with van der Waals surface area (Å²) in [6.45, 7) is 5.97. The summed E-state index contributed by atoms with van der Waals surface area (Å²) in [5.41, 5.74) is 5.36. The zero-order chi connectivity index (χ0) is 25.2. The number of esters is 1. The first-order chi connectivity index (χ1) is 17.4. The van der Waals surface area contributed by atoms with Crippen molar-refractivity contribution in [2.45, 2.75) is 26.7 Å². The van der Waals surface area contributed by atoms with Gasteiger partial charge in [0.1, 0.15) is 5.82 Å². The Hall–Kier alpha value is -4.01. The SMILES string of the molecule is Cc1nc2c3ccccc3nn2c(C)c1CCC(=O)OCC(=O)N1CCN(c2ccc(F)cc2)CC1. The van der Waals surface area contributed by atoms with Crippen molar-refractivity contribution in [2.24, 2.45) is 0 Å². The summed E-state index contributed by atoms with van der Waals surface area (Å²) in [5, 5.41) is 5.64. The first kappa shape index (κ1) is 23.7. The number of hydrogen-bond donors (Lipinski definition) is 0. The molecule has 0 atom stereocenters. The van der Waals surface area contributed by atoms with Crippen LogP contribution >= 0.6 is 0 Å². The van der Waals surface area contributed by atoms with Crippen molar-refractivity contribution >= 4 is 34.1 Å². The summed E-state index contributed by atoms with van der Waals surface area (Å²) in [6.07, 6.45) is 0.613. The van der Waals surface area contributed by atoms with Crippen LogP contribution in [0.15, 0.2) is 48.5 Å². The number of aromatic nitrogens is 3. The Morgan fingerprint density at radius 3 is 2.47 bits per heavy atom. The number of anilines is 1. The van der Waals surface area contributed by atoms with Crippen LogP contribution in [0.1, 0.15) is 23.4 Å². The third kappa shape index (κ3) is 4.73. The van der Waals surface area contributed by atoms with Crippen molar-refractivity contribution < 1.29 is 18.7 Å². The molecule has 1 amide bonds. The Bertz CT molecular complexity index is 1430. The van der Waals surface area contributed by atoms with E-state index in [9.17, 15) is 14.0 Å². The van der Waals surface area contributed by atoms with E-state index in [1.807, 2.05) is 42.6 Å². The first-order valence-corrected chi connectivity index (χ1v) is 12.1. The molecular formula is C27H28FN5O3. The number of hydrogen-bond acceptors (Lipinski definition) is 6. The Kier molecular flexibility index (Phi) is 6.54. The molecule has 0 spiro atoms. The Morgan fingerprint density at radius 1 is 1.00 bits per heavy atom. The largest absolute Gasteiger partial charge is 0.456 e. The quantitative estimate of drug-likeness (QED) is 0.386. The van der Waals surface area contributed by atoms with Gasteiger partial charge in [0.15, 0.2) is 12.3 Å². The minimum Gasteiger partial charge on any atom is -0.456 e. The van der Waals surface area contributed by atoms with Gasteiger partial charge >= 0.3 is 5.97 Å². The lowest BCUT2D eigenvalue weighted by molar-refractivity contribution is -0.152. The molecular weight excluding hydrogens is 461 g/mol. The molecule has 0 aliphatic carbocycles. The molecule has 2 aromatic carbocycles. The molecule has 3 heterocycles. The normalized spacial score (nSPS) is 14.0. The van der Waals surface area contributed by atoms with Gasteiger partial charge in [-0.2, -0.15) is 5.10 Å². The van der Waals surface area contributed by atoms with E-state index in [0.717, 1.165) is 39.2 Å². The van der Waals surface area contributed by atoms with E-state index < -0.39 is 5.97 Å². The summed E-state index contributed by atoms with van der Waals surface area (Å²) < 4.78 is 20.3. The number of carbonyl (C=O) groups is 2. The van der Waals surface area contributed by atoms with Crippen LogP contribution in [0.25, 0.3) is 16.6 Å². The second-order valence-corrected chi connectivity index (χ2v) is 9.02. The third-order valence-corrected chi connectivity index (χ3v) is 6.78. The van der Waals surface area contributed by atoms with E-state index in [1.54, 1.807) is 17.0 Å². The molecule has 4 aromatic rings. The fourth-order valence-electron chi connectivity index (χ4n) is 4.74. The van der Waals surface area contributed by atoms with E-state index in [-0.39, 0.29) is 24.8 Å². The zero-order valence-electron chi connectivity index (χ0n) is 20.4. The molecule has 186 valence electrons. The molecule has 1 saturated heterocycles. The van der Waals surface area contributed by atoms with Gasteiger partial charge in [-0.05, 0) is 62.2 Å². The molecule has 5 rings (SSSR count). The molecule has 8 nitrogen and oxygen atoms in total. The van der Waals surface area contributed by atoms with Gasteiger partial charge in [0, 0.05) is 55.1 Å². The maximum absolute atomic E-state index is 13.1. The second kappa shape index (κ2) is 9.93. The molecule has 0 saturated carbocycles. The van der Waals surface area contributed by atoms with Crippen LogP contribution in [-0.2, 0) is 20.7 Å². The standard InChI is InChI=1S/C27H28FN5O3/c1-18-22(19(2)33-27(29-18)23-5-3-4-6-24(23)30-33)11-12-26(35)36-17-25(34)32-15-13-31(14-16-32)21-9-7-20(28)8-10-21/h3-10H,11-17H2,1-2H3. The second-order valence-electron chi connectivity index (χ2n) is 9.02. The monoisotopic (exact) mass is 489 g/mol. The predicted octanol–water partition coefficient (Wildman–Crippen LogP) is 3.46. The molecule has 36 heavy (non-hydrogen) atoms. The van der Waals surface area contributed by atoms with E-state index >= 15 is 0 Å². The Balaban J connectivity index is 1.13. The number of benzene rings is 2. The number of halogens is 1. The maximum atomic E-state index is 13.1. The van der Waals surface area contributed by atoms with Crippen molar-refractivity contribution in [3.63, 3.8) is 0 Å². The summed E-state index contributed by atoms with van der Waals surface area (Å²) in [4.78, 5) is 33.5. The van der Waals surface area contributed by atoms with Crippen LogP contribution in [0, 0.1) is 19.7 Å². The molecule has 1 aliphatic rings. The highest BCUT2D eigenvalue weighted by atomic mass is 19.1. The number of ether oxygens (including phenoxy) is 1. The van der Waals surface area contributed by atoms with Crippen LogP contribution < -0.4 is 4.90 Å². The molecule has 0 radical (unpaired) electrons. The smallest absolute Gasteiger partial charge is 0.306 e. The van der Waals surface area contributed by atoms with E-state index in [2.05, 4.69) is 10.00 Å². The maximum Gasteiger partial charge on any atom is 0.306 e. The lowest BCUT2D eigenvalue weighted by Crippen LogP contribution is -2.49. The van der Waals surface area contributed by atoms with Gasteiger partial charge in [0.25, 0.3) is 5.91 Å². The highest BCUT2D eigenvalue weighted by Crippen LogP contribution is 2.23. The first-order valence-electron chi connectivity index (χ1n) is 12.1. The summed E-state index contributed by atoms with van der Waals surface area (Å²) in [5.74, 6) is -0.898. The number of rotatable bonds is 6. The van der Waals surface area contributed by atoms with Gasteiger partial charge < -0.3 is 14.5 Å². The van der Waals surface area contributed by atoms with Gasteiger partial charge in [-0.3, -0.25) is 9.59 Å². The predicted molar refractivity (Wildman–Crippen MR) is 134 cm³/mol. The minimum absolute atomic E-state index is 0.154. The average molecular weight is 490 g/mol. The fourth-order valence-corrected chi connectivity index (χ4v) is 4.74. The summed E-state index contributed by atoms with van der Waals surface area (Å²) in [6, 6.07) is 14.2. The highest BCUT2D eigenvalue weighted by molar-refractivity contribution is 5.92. The molecule has 1 aliphatic heterocycles. The van der Waals surface area contributed by atoms with Gasteiger partial charge in [0.05, 0.1) is 5.52 Å². The molecule has 0 N–H and O–H groups in total. The highest BCUT2D eigenvalue weighted by Gasteiger charge is 2.22. The third-order valence-electron chi connectivity index (χ3n) is 6.78. The summed E-state index contributed by atoms with van der Waals surface area (Å²) >= 11 is 0. The Morgan fingerprint density at radius 2 is 1.72 bits per heavy atom. The van der Waals surface area contributed by atoms with Gasteiger partial charge in [0.2, 0.25) is 0 Å². The molecule has 2 aromatic heterocycles. The van der Waals surface area contributed by atoms with Crippen LogP contribution in [0.2, 0.25) is 0 Å². The van der Waals surface area contributed by atoms with Crippen molar-refractivity contribution in [1.82, 2.24) is 19.5 Å². The van der Waals surface area contributed by atoms with Crippen molar-refractivity contribution in [1.29, 1.82) is 0 Å². The van der Waals surface area contributed by atoms with Gasteiger partial charge in [-0.25, -0.2) is 13.9 Å². The van der Waals surface area contributed by atoms with Gasteiger partial charge in [-0.15, -0.1) is 0 Å². The van der Waals surface area contributed by atoms with Crippen LogP contribution in [0.4, 0.5) is 10.1 Å². The zero-order valence-corrected chi connectivity index (χ0v) is 20.4. The molecule has 1 fully saturated rings. The van der Waals surface area contributed by atoms with Crippen LogP contribution in [-0.4, -0.2) is 64.2 Å². The molecule has 9 heteroatoms. The number of fused-ring (bicyclic) bond motifs is 3. The van der Waals surface area contributed by atoms with Gasteiger partial charge in [-0.1, -0.05) is 12.1 Å². The van der Waals surface area contributed by atoms with Crippen LogP contribution in [0.3, 0.4) is 0 Å². The number of amides is 1. The van der Waals surface area contributed by atoms with Crippen molar-refractivity contribution in [3.05, 3.63) is 71.3 Å². The van der Waals surface area contributed by atoms with E-state index in [4.69, 9.17) is 9.72 Å². The Labute approximate surface area is 208 Å². The van der Waals surface area contributed by atoms with Crippen molar-refractivity contribution in [3.8, 4) is 0 Å². The molecule has 0 unspecified atom stereocenters. The number of aryl methyl sites for hydroxylation is 2. The average Bonchev–Trinajstić information content (AvgIpc) is 3.26. The summed E-state index contributed by atoms with van der Waals surface area (Å²) in [7, 11) is 0. The number of nitrogens with zero attached hydrogens (tertiary/aromatic N) is 5. The van der Waals surface area contributed by atoms with E-state index in [1.165, 1.54) is 12.1 Å². The van der Waals surface area contributed by atoms with Crippen molar-refractivity contribution in [2.75, 3.05) is 37.7 Å². The van der Waals surface area contributed by atoms with E-state index in [0.29, 0.717) is 32.6 Å². The molecule has 0 bridgehead atoms. The number of carbonyl (C=O) groups excluding carboxylic acids is 2. The lowest BCUT2D eigenvalue weighted by Gasteiger charge is -2.36.